The van der Waals surface area contributed by atoms with E-state index in [-0.39, 0.29) is 13.2 Å². The van der Waals surface area contributed by atoms with Crippen molar-refractivity contribution in [3.63, 3.8) is 0 Å². The first-order valence-corrected chi connectivity index (χ1v) is 6.17. The Morgan fingerprint density at radius 2 is 1.95 bits per heavy atom. The minimum absolute atomic E-state index is 0.170. The zero-order chi connectivity index (χ0) is 13.9. The molecule has 0 aliphatic carbocycles. The zero-order valence-corrected chi connectivity index (χ0v) is 10.8. The van der Waals surface area contributed by atoms with Crippen molar-refractivity contribution in [3.8, 4) is 0 Å². The second-order valence-electron chi connectivity index (χ2n) is 4.13. The summed E-state index contributed by atoms with van der Waals surface area (Å²) in [6.45, 7) is -0.598. The molecule has 1 atom stereocenters. The van der Waals surface area contributed by atoms with Crippen LogP contribution in [-0.4, -0.2) is 29.8 Å². The fourth-order valence-electron chi connectivity index (χ4n) is 2.18. The smallest absolute Gasteiger partial charge is 0.337 e. The molecule has 1 unspecified atom stereocenters. The molecule has 2 rings (SSSR count). The van der Waals surface area contributed by atoms with Gasteiger partial charge in [-0.2, -0.15) is 0 Å². The summed E-state index contributed by atoms with van der Waals surface area (Å²) in [5.74, 6) is -1.76. The molecule has 7 heteroatoms. The van der Waals surface area contributed by atoms with E-state index in [2.05, 4.69) is 0 Å². The van der Waals surface area contributed by atoms with Gasteiger partial charge in [0.15, 0.2) is 0 Å². The topological polar surface area (TPSA) is 61.6 Å². The molecular weight excluding hydrogens is 277 g/mol. The Balaban J connectivity index is 2.52. The van der Waals surface area contributed by atoms with Gasteiger partial charge in [-0.15, -0.1) is 0 Å². The van der Waals surface area contributed by atoms with Crippen molar-refractivity contribution < 1.29 is 18.8 Å². The highest BCUT2D eigenvalue weighted by Crippen LogP contribution is 2.47. The van der Waals surface area contributed by atoms with Crippen LogP contribution in [0.5, 0.6) is 0 Å². The first-order chi connectivity index (χ1) is 9.07. The van der Waals surface area contributed by atoms with Gasteiger partial charge in [-0.3, -0.25) is 14.5 Å². The van der Waals surface area contributed by atoms with Gasteiger partial charge in [-0.25, -0.2) is 0 Å². The maximum atomic E-state index is 12.7. The van der Waals surface area contributed by atoms with Crippen LogP contribution in [0.1, 0.15) is 12.0 Å². The monoisotopic (exact) mass is 289 g/mol. The van der Waals surface area contributed by atoms with Crippen LogP contribution < -0.4 is 0 Å². The third kappa shape index (κ3) is 2.20. The molecule has 0 spiro atoms. The first kappa shape index (κ1) is 14.2. The van der Waals surface area contributed by atoms with Gasteiger partial charge in [0.05, 0.1) is 26.3 Å². The van der Waals surface area contributed by atoms with Crippen LogP contribution in [0.15, 0.2) is 30.3 Å². The van der Waals surface area contributed by atoms with E-state index in [1.165, 1.54) is 0 Å². The van der Waals surface area contributed by atoms with E-state index >= 15 is 0 Å². The Bertz CT molecular complexity index is 452. The van der Waals surface area contributed by atoms with Crippen LogP contribution in [0.3, 0.4) is 0 Å². The normalized spacial score (nSPS) is 20.9. The number of ether oxygens (including phenoxy) is 2. The Morgan fingerprint density at radius 1 is 1.37 bits per heavy atom. The summed E-state index contributed by atoms with van der Waals surface area (Å²) in [5, 5.41) is 11.3. The van der Waals surface area contributed by atoms with Gasteiger partial charge in [0.25, 0.3) is 5.79 Å². The predicted molar refractivity (Wildman–Crippen MR) is 66.2 cm³/mol. The van der Waals surface area contributed by atoms with E-state index in [0.717, 1.165) is 0 Å². The summed E-state index contributed by atoms with van der Waals surface area (Å²) in [4.78, 5) is 8.39. The number of nitro groups is 1. The molecule has 1 fully saturated rings. The Labute approximate surface area is 114 Å². The SMILES string of the molecule is O=[N+]([O-])C(Cl)(CCF)C1(c2ccccc2)OCCO1. The molecule has 1 saturated heterocycles. The average Bonchev–Trinajstić information content (AvgIpc) is 2.90. The lowest BCUT2D eigenvalue weighted by Crippen LogP contribution is -2.54. The van der Waals surface area contributed by atoms with Crippen LogP contribution in [0.2, 0.25) is 0 Å². The lowest BCUT2D eigenvalue weighted by Gasteiger charge is -2.35. The molecule has 0 amide bonds. The van der Waals surface area contributed by atoms with Crippen molar-refractivity contribution in [2.24, 2.45) is 0 Å². The van der Waals surface area contributed by atoms with Gasteiger partial charge in [0.2, 0.25) is 0 Å². The van der Waals surface area contributed by atoms with Gasteiger partial charge < -0.3 is 9.47 Å². The minimum atomic E-state index is -2.19. The second kappa shape index (κ2) is 5.40. The third-order valence-corrected chi connectivity index (χ3v) is 3.64. The third-order valence-electron chi connectivity index (χ3n) is 3.07. The molecule has 0 N–H and O–H groups in total. The molecule has 0 bridgehead atoms. The Hall–Kier alpha value is -1.24. The molecule has 1 heterocycles. The standard InChI is InChI=1S/C12H13ClFNO4/c13-11(6-7-14,15(16)17)12(18-8-9-19-12)10-4-2-1-3-5-10/h1-5H,6-9H2. The molecule has 1 aliphatic rings. The van der Waals surface area contributed by atoms with E-state index in [4.69, 9.17) is 21.1 Å². The van der Waals surface area contributed by atoms with Gasteiger partial charge in [0.1, 0.15) is 0 Å². The predicted octanol–water partition coefficient (Wildman–Crippen LogP) is 2.46. The van der Waals surface area contributed by atoms with Crippen molar-refractivity contribution in [2.45, 2.75) is 17.2 Å². The molecule has 1 aromatic carbocycles. The summed E-state index contributed by atoms with van der Waals surface area (Å²) in [5.41, 5.74) is 0.410. The Morgan fingerprint density at radius 3 is 2.42 bits per heavy atom. The number of nitrogens with zero attached hydrogens (tertiary/aromatic N) is 1. The number of halogens is 2. The molecule has 1 aromatic rings. The van der Waals surface area contributed by atoms with Crippen LogP contribution in [0.4, 0.5) is 4.39 Å². The minimum Gasteiger partial charge on any atom is -0.337 e. The summed E-state index contributed by atoms with van der Waals surface area (Å²) < 4.78 is 23.6. The number of alkyl halides is 2. The molecule has 0 radical (unpaired) electrons. The lowest BCUT2D eigenvalue weighted by molar-refractivity contribution is -0.587. The lowest BCUT2D eigenvalue weighted by atomic mass is 9.95. The van der Waals surface area contributed by atoms with Gasteiger partial charge in [-0.1, -0.05) is 30.3 Å². The molecule has 1 aliphatic heterocycles. The van der Waals surface area contributed by atoms with E-state index in [1.807, 2.05) is 0 Å². The van der Waals surface area contributed by atoms with Crippen molar-refractivity contribution in [2.75, 3.05) is 19.9 Å². The van der Waals surface area contributed by atoms with Crippen molar-refractivity contribution in [1.29, 1.82) is 0 Å². The van der Waals surface area contributed by atoms with Gasteiger partial charge in [-0.05, 0) is 11.6 Å². The molecule has 5 nitrogen and oxygen atoms in total. The van der Waals surface area contributed by atoms with Crippen LogP contribution >= 0.6 is 11.6 Å². The quantitative estimate of drug-likeness (QED) is 0.361. The maximum absolute atomic E-state index is 12.7. The molecule has 104 valence electrons. The van der Waals surface area contributed by atoms with Gasteiger partial charge >= 0.3 is 5.00 Å². The van der Waals surface area contributed by atoms with Crippen LogP contribution in [0.25, 0.3) is 0 Å². The highest BCUT2D eigenvalue weighted by atomic mass is 35.5. The number of rotatable bonds is 5. The number of hydrogen-bond acceptors (Lipinski definition) is 4. The van der Waals surface area contributed by atoms with Crippen molar-refractivity contribution >= 4 is 11.6 Å². The van der Waals surface area contributed by atoms with E-state index in [1.54, 1.807) is 30.3 Å². The molecule has 0 aromatic heterocycles. The van der Waals surface area contributed by atoms with E-state index in [9.17, 15) is 14.5 Å². The highest BCUT2D eigenvalue weighted by Gasteiger charge is 2.66. The fourth-order valence-corrected chi connectivity index (χ4v) is 2.47. The molecule has 0 saturated carbocycles. The summed E-state index contributed by atoms with van der Waals surface area (Å²) >= 11 is 6.08. The summed E-state index contributed by atoms with van der Waals surface area (Å²) in [7, 11) is 0. The summed E-state index contributed by atoms with van der Waals surface area (Å²) in [6, 6.07) is 8.36. The molecular formula is C12H13ClFNO4. The maximum Gasteiger partial charge on any atom is 0.355 e. The summed E-state index contributed by atoms with van der Waals surface area (Å²) in [6.07, 6.45) is -0.504. The van der Waals surface area contributed by atoms with Crippen LogP contribution in [0, 0.1) is 10.1 Å². The number of hydrogen-bond donors (Lipinski definition) is 0. The van der Waals surface area contributed by atoms with Crippen molar-refractivity contribution in [1.82, 2.24) is 0 Å². The first-order valence-electron chi connectivity index (χ1n) is 5.79. The van der Waals surface area contributed by atoms with Crippen LogP contribution in [-0.2, 0) is 15.3 Å². The van der Waals surface area contributed by atoms with E-state index < -0.39 is 28.8 Å². The molecule has 19 heavy (non-hydrogen) atoms. The van der Waals surface area contributed by atoms with Gasteiger partial charge in [0, 0.05) is 10.5 Å². The van der Waals surface area contributed by atoms with E-state index in [0.29, 0.717) is 5.56 Å². The Kier molecular flexibility index (Phi) is 4.03. The zero-order valence-electron chi connectivity index (χ0n) is 10.1. The average molecular weight is 290 g/mol. The van der Waals surface area contributed by atoms with Crippen molar-refractivity contribution in [3.05, 3.63) is 46.0 Å². The second-order valence-corrected chi connectivity index (χ2v) is 4.76. The number of benzene rings is 1. The largest absolute Gasteiger partial charge is 0.355 e. The fraction of sp³-hybridized carbons (Fsp3) is 0.500. The highest BCUT2D eigenvalue weighted by molar-refractivity contribution is 6.23.